The van der Waals surface area contributed by atoms with Gasteiger partial charge in [0.1, 0.15) is 16.8 Å². The standard InChI is InChI=1S/C22H21N3O/c1-14-12-15(2)22(26)19(13-14)16(3)17-8-10-18(11-9-17)25-23-20-6-4-5-7-21(20)24-25/h4-13,16,26H,1-3H3. The smallest absolute Gasteiger partial charge is 0.122 e. The average molecular weight is 343 g/mol. The van der Waals surface area contributed by atoms with Crippen LogP contribution in [0.15, 0.2) is 60.7 Å². The second-order valence-corrected chi connectivity index (χ2v) is 6.81. The van der Waals surface area contributed by atoms with Gasteiger partial charge in [-0.2, -0.15) is 4.80 Å². The van der Waals surface area contributed by atoms with Crippen molar-refractivity contribution in [2.24, 2.45) is 0 Å². The number of aromatic hydroxyl groups is 1. The van der Waals surface area contributed by atoms with Gasteiger partial charge in [0.2, 0.25) is 0 Å². The molecule has 0 aliphatic heterocycles. The van der Waals surface area contributed by atoms with Crippen molar-refractivity contribution in [2.45, 2.75) is 26.7 Å². The molecular formula is C22H21N3O. The first-order chi connectivity index (χ1) is 12.5. The largest absolute Gasteiger partial charge is 0.507 e. The minimum Gasteiger partial charge on any atom is -0.507 e. The minimum absolute atomic E-state index is 0.104. The van der Waals surface area contributed by atoms with E-state index in [1.807, 2.05) is 49.4 Å². The molecule has 4 aromatic rings. The number of rotatable bonds is 3. The van der Waals surface area contributed by atoms with Gasteiger partial charge in [-0.15, -0.1) is 10.2 Å². The quantitative estimate of drug-likeness (QED) is 0.576. The maximum Gasteiger partial charge on any atom is 0.122 e. The highest BCUT2D eigenvalue weighted by Crippen LogP contribution is 2.34. The summed E-state index contributed by atoms with van der Waals surface area (Å²) in [5, 5.41) is 19.5. The second-order valence-electron chi connectivity index (χ2n) is 6.81. The fourth-order valence-electron chi connectivity index (χ4n) is 3.37. The van der Waals surface area contributed by atoms with E-state index in [1.165, 1.54) is 0 Å². The van der Waals surface area contributed by atoms with Crippen LogP contribution in [0.25, 0.3) is 16.7 Å². The van der Waals surface area contributed by atoms with Crippen LogP contribution in [0.2, 0.25) is 0 Å². The molecule has 0 fully saturated rings. The summed E-state index contributed by atoms with van der Waals surface area (Å²) in [6.45, 7) is 6.11. The van der Waals surface area contributed by atoms with Crippen molar-refractivity contribution in [1.82, 2.24) is 15.0 Å². The van der Waals surface area contributed by atoms with E-state index in [9.17, 15) is 5.11 Å². The van der Waals surface area contributed by atoms with Gasteiger partial charge >= 0.3 is 0 Å². The Morgan fingerprint density at radius 3 is 2.12 bits per heavy atom. The highest BCUT2D eigenvalue weighted by Gasteiger charge is 2.15. The lowest BCUT2D eigenvalue weighted by atomic mass is 9.90. The molecule has 4 nitrogen and oxygen atoms in total. The lowest BCUT2D eigenvalue weighted by Crippen LogP contribution is -2.01. The Kier molecular flexibility index (Phi) is 3.96. The molecule has 1 N–H and O–H groups in total. The summed E-state index contributed by atoms with van der Waals surface area (Å²) < 4.78 is 0. The van der Waals surface area contributed by atoms with E-state index in [1.54, 1.807) is 4.80 Å². The molecule has 3 aromatic carbocycles. The molecule has 0 saturated heterocycles. The molecule has 130 valence electrons. The Morgan fingerprint density at radius 1 is 0.885 bits per heavy atom. The van der Waals surface area contributed by atoms with Crippen LogP contribution in [0.4, 0.5) is 0 Å². The van der Waals surface area contributed by atoms with Crippen LogP contribution in [-0.2, 0) is 0 Å². The molecule has 0 amide bonds. The molecule has 0 aliphatic carbocycles. The highest BCUT2D eigenvalue weighted by molar-refractivity contribution is 5.73. The van der Waals surface area contributed by atoms with Crippen molar-refractivity contribution in [3.05, 3.63) is 82.9 Å². The Morgan fingerprint density at radius 2 is 1.50 bits per heavy atom. The molecule has 0 saturated carbocycles. The Labute approximate surface area is 152 Å². The van der Waals surface area contributed by atoms with E-state index in [0.717, 1.165) is 39.0 Å². The third-order valence-electron chi connectivity index (χ3n) is 4.85. The number of phenolic OH excluding ortho intramolecular Hbond substituents is 1. The van der Waals surface area contributed by atoms with Crippen LogP contribution in [0, 0.1) is 13.8 Å². The normalized spacial score (nSPS) is 12.4. The highest BCUT2D eigenvalue weighted by atomic mass is 16.3. The summed E-state index contributed by atoms with van der Waals surface area (Å²) in [7, 11) is 0. The summed E-state index contributed by atoms with van der Waals surface area (Å²) in [6, 6.07) is 20.1. The van der Waals surface area contributed by atoms with E-state index >= 15 is 0 Å². The van der Waals surface area contributed by atoms with Gasteiger partial charge in [-0.1, -0.05) is 48.9 Å². The van der Waals surface area contributed by atoms with Crippen molar-refractivity contribution < 1.29 is 5.11 Å². The van der Waals surface area contributed by atoms with Crippen LogP contribution in [0.5, 0.6) is 5.75 Å². The predicted molar refractivity (Wildman–Crippen MR) is 104 cm³/mol. The summed E-state index contributed by atoms with van der Waals surface area (Å²) in [4.78, 5) is 1.66. The number of hydrogen-bond acceptors (Lipinski definition) is 3. The SMILES string of the molecule is Cc1cc(C)c(O)c(C(C)c2ccc(-n3nc4ccccc4n3)cc2)c1. The van der Waals surface area contributed by atoms with Crippen LogP contribution < -0.4 is 0 Å². The van der Waals surface area contributed by atoms with E-state index in [2.05, 4.69) is 42.2 Å². The van der Waals surface area contributed by atoms with Crippen molar-refractivity contribution in [3.63, 3.8) is 0 Å². The van der Waals surface area contributed by atoms with E-state index in [0.29, 0.717) is 5.75 Å². The van der Waals surface area contributed by atoms with Crippen molar-refractivity contribution >= 4 is 11.0 Å². The van der Waals surface area contributed by atoms with Gasteiger partial charge in [0, 0.05) is 11.5 Å². The molecule has 0 aliphatic rings. The molecule has 4 heteroatoms. The monoisotopic (exact) mass is 343 g/mol. The molecule has 26 heavy (non-hydrogen) atoms. The molecule has 1 unspecified atom stereocenters. The van der Waals surface area contributed by atoms with Crippen molar-refractivity contribution in [3.8, 4) is 11.4 Å². The third-order valence-corrected chi connectivity index (χ3v) is 4.85. The number of hydrogen-bond donors (Lipinski definition) is 1. The zero-order valence-corrected chi connectivity index (χ0v) is 15.1. The van der Waals surface area contributed by atoms with Crippen LogP contribution in [-0.4, -0.2) is 20.1 Å². The average Bonchev–Trinajstić information content (AvgIpc) is 3.08. The summed E-state index contributed by atoms with van der Waals surface area (Å²) in [5.74, 6) is 0.486. The Hall–Kier alpha value is -3.14. The molecule has 4 rings (SSSR count). The molecule has 0 spiro atoms. The van der Waals surface area contributed by atoms with Gasteiger partial charge in [-0.05, 0) is 49.2 Å². The molecule has 0 bridgehead atoms. The maximum atomic E-state index is 10.4. The first-order valence-corrected chi connectivity index (χ1v) is 8.75. The summed E-state index contributed by atoms with van der Waals surface area (Å²) >= 11 is 0. The molecule has 1 heterocycles. The molecular weight excluding hydrogens is 322 g/mol. The zero-order valence-electron chi connectivity index (χ0n) is 15.1. The Bertz CT molecular complexity index is 1050. The topological polar surface area (TPSA) is 50.9 Å². The van der Waals surface area contributed by atoms with Gasteiger partial charge in [0.25, 0.3) is 0 Å². The van der Waals surface area contributed by atoms with Crippen LogP contribution in [0.1, 0.15) is 35.1 Å². The third kappa shape index (κ3) is 2.84. The van der Waals surface area contributed by atoms with E-state index < -0.39 is 0 Å². The lowest BCUT2D eigenvalue weighted by molar-refractivity contribution is 0.461. The van der Waals surface area contributed by atoms with Crippen LogP contribution in [0.3, 0.4) is 0 Å². The minimum atomic E-state index is 0.104. The number of fused-ring (bicyclic) bond motifs is 1. The number of phenols is 1. The van der Waals surface area contributed by atoms with Crippen LogP contribution >= 0.6 is 0 Å². The predicted octanol–water partition coefficient (Wildman–Crippen LogP) is 4.89. The van der Waals surface area contributed by atoms with Gasteiger partial charge in [-0.3, -0.25) is 0 Å². The zero-order chi connectivity index (χ0) is 18.3. The Balaban J connectivity index is 1.67. The number of benzene rings is 3. The first kappa shape index (κ1) is 16.3. The number of aryl methyl sites for hydroxylation is 2. The fourth-order valence-corrected chi connectivity index (χ4v) is 3.37. The fraction of sp³-hybridized carbons (Fsp3) is 0.182. The molecule has 1 aromatic heterocycles. The summed E-state index contributed by atoms with van der Waals surface area (Å²) in [5.41, 5.74) is 6.85. The van der Waals surface area contributed by atoms with Gasteiger partial charge in [0.05, 0.1) is 5.69 Å². The van der Waals surface area contributed by atoms with Gasteiger partial charge in [0.15, 0.2) is 0 Å². The summed E-state index contributed by atoms with van der Waals surface area (Å²) in [6.07, 6.45) is 0. The molecule has 1 atom stereocenters. The lowest BCUT2D eigenvalue weighted by Gasteiger charge is -2.17. The van der Waals surface area contributed by atoms with E-state index in [4.69, 9.17) is 0 Å². The van der Waals surface area contributed by atoms with Gasteiger partial charge in [-0.25, -0.2) is 0 Å². The van der Waals surface area contributed by atoms with E-state index in [-0.39, 0.29) is 5.92 Å². The first-order valence-electron chi connectivity index (χ1n) is 8.75. The second kappa shape index (κ2) is 6.30. The number of nitrogens with zero attached hydrogens (tertiary/aromatic N) is 3. The maximum absolute atomic E-state index is 10.4. The number of aromatic nitrogens is 3. The molecule has 0 radical (unpaired) electrons. The van der Waals surface area contributed by atoms with Gasteiger partial charge < -0.3 is 5.11 Å². The van der Waals surface area contributed by atoms with Crippen molar-refractivity contribution in [2.75, 3.05) is 0 Å². The van der Waals surface area contributed by atoms with Crippen molar-refractivity contribution in [1.29, 1.82) is 0 Å².